The number of nitrogens with zero attached hydrogens (tertiary/aromatic N) is 2. The summed E-state index contributed by atoms with van der Waals surface area (Å²) in [4.78, 5) is 22.1. The Morgan fingerprint density at radius 2 is 1.79 bits per heavy atom. The summed E-state index contributed by atoms with van der Waals surface area (Å²) in [6.45, 7) is 1.94. The summed E-state index contributed by atoms with van der Waals surface area (Å²) in [5.74, 6) is 0.563. The molecule has 0 aliphatic carbocycles. The summed E-state index contributed by atoms with van der Waals surface area (Å²) in [6.07, 6.45) is 3.36. The molecule has 0 saturated carbocycles. The van der Waals surface area contributed by atoms with Crippen molar-refractivity contribution < 1.29 is 9.53 Å². The fourth-order valence-electron chi connectivity index (χ4n) is 3.39. The van der Waals surface area contributed by atoms with Crippen LogP contribution in [0.25, 0.3) is 22.2 Å². The maximum Gasteiger partial charge on any atom is 0.252 e. The Balaban J connectivity index is 1.73. The molecule has 2 aromatic heterocycles. The largest absolute Gasteiger partial charge is 0.496 e. The van der Waals surface area contributed by atoms with E-state index >= 15 is 0 Å². The molecule has 1 unspecified atom stereocenters. The molecule has 0 fully saturated rings. The van der Waals surface area contributed by atoms with Crippen LogP contribution in [0.2, 0.25) is 0 Å². The zero-order valence-electron chi connectivity index (χ0n) is 16.3. The summed E-state index contributed by atoms with van der Waals surface area (Å²) in [6, 6.07) is 20.9. The van der Waals surface area contributed by atoms with E-state index in [1.807, 2.05) is 73.7 Å². The van der Waals surface area contributed by atoms with Crippen LogP contribution in [0.4, 0.5) is 0 Å². The molecule has 2 aromatic carbocycles. The zero-order valence-corrected chi connectivity index (χ0v) is 16.3. The van der Waals surface area contributed by atoms with E-state index in [9.17, 15) is 4.79 Å². The second-order valence-electron chi connectivity index (χ2n) is 6.75. The molecule has 29 heavy (non-hydrogen) atoms. The molecule has 1 N–H and O–H groups in total. The molecule has 0 bridgehead atoms. The van der Waals surface area contributed by atoms with Crippen LogP contribution in [0, 0.1) is 0 Å². The van der Waals surface area contributed by atoms with Gasteiger partial charge in [-0.1, -0.05) is 48.5 Å². The van der Waals surface area contributed by atoms with Crippen LogP contribution >= 0.6 is 0 Å². The van der Waals surface area contributed by atoms with E-state index < -0.39 is 0 Å². The van der Waals surface area contributed by atoms with Gasteiger partial charge < -0.3 is 10.1 Å². The fourth-order valence-corrected chi connectivity index (χ4v) is 3.39. The summed E-state index contributed by atoms with van der Waals surface area (Å²) < 4.78 is 5.43. The van der Waals surface area contributed by atoms with Gasteiger partial charge in [-0.05, 0) is 25.1 Å². The minimum atomic E-state index is -0.223. The Hall–Kier alpha value is -3.73. The lowest BCUT2D eigenvalue weighted by Gasteiger charge is -2.18. The van der Waals surface area contributed by atoms with Crippen LogP contribution in [0.3, 0.4) is 0 Å². The van der Waals surface area contributed by atoms with E-state index in [1.54, 1.807) is 19.5 Å². The first-order valence-corrected chi connectivity index (χ1v) is 9.41. The average molecular weight is 383 g/mol. The Morgan fingerprint density at radius 3 is 2.59 bits per heavy atom. The van der Waals surface area contributed by atoms with Crippen molar-refractivity contribution in [3.05, 3.63) is 90.3 Å². The summed E-state index contributed by atoms with van der Waals surface area (Å²) in [5.41, 5.74) is 3.90. The Labute approximate surface area is 169 Å². The van der Waals surface area contributed by atoms with E-state index in [0.29, 0.717) is 5.56 Å². The molecule has 0 saturated heterocycles. The van der Waals surface area contributed by atoms with Crippen LogP contribution in [0.5, 0.6) is 5.75 Å². The number of hydrogen-bond acceptors (Lipinski definition) is 4. The third kappa shape index (κ3) is 3.80. The fraction of sp³-hybridized carbons (Fsp3) is 0.125. The van der Waals surface area contributed by atoms with E-state index in [0.717, 1.165) is 33.5 Å². The predicted octanol–water partition coefficient (Wildman–Crippen LogP) is 4.80. The highest BCUT2D eigenvalue weighted by atomic mass is 16.5. The zero-order chi connectivity index (χ0) is 20.2. The molecule has 144 valence electrons. The van der Waals surface area contributed by atoms with Crippen molar-refractivity contribution in [1.82, 2.24) is 15.3 Å². The number of hydrogen-bond donors (Lipinski definition) is 1. The smallest absolute Gasteiger partial charge is 0.252 e. The van der Waals surface area contributed by atoms with Crippen molar-refractivity contribution in [2.45, 2.75) is 13.0 Å². The number of carbonyl (C=O) groups is 1. The number of para-hydroxylation sites is 1. The number of carbonyl (C=O) groups excluding carboxylic acids is 1. The van der Waals surface area contributed by atoms with Gasteiger partial charge in [0.05, 0.1) is 29.9 Å². The van der Waals surface area contributed by atoms with Crippen molar-refractivity contribution >= 4 is 16.8 Å². The van der Waals surface area contributed by atoms with Crippen molar-refractivity contribution in [2.24, 2.45) is 0 Å². The highest BCUT2D eigenvalue weighted by Crippen LogP contribution is 2.27. The number of fused-ring (bicyclic) bond motifs is 1. The molecule has 1 atom stereocenters. The highest BCUT2D eigenvalue weighted by Gasteiger charge is 2.18. The molecule has 0 spiro atoms. The van der Waals surface area contributed by atoms with Crippen LogP contribution in [-0.2, 0) is 0 Å². The number of ether oxygens (including phenoxy) is 1. The number of pyridine rings is 2. The Bertz CT molecular complexity index is 1160. The van der Waals surface area contributed by atoms with Gasteiger partial charge in [0.2, 0.25) is 0 Å². The summed E-state index contributed by atoms with van der Waals surface area (Å²) >= 11 is 0. The first-order chi connectivity index (χ1) is 14.2. The first-order valence-electron chi connectivity index (χ1n) is 9.41. The Kier molecular flexibility index (Phi) is 5.20. The molecule has 1 amide bonds. The molecule has 0 aliphatic rings. The van der Waals surface area contributed by atoms with Gasteiger partial charge >= 0.3 is 0 Å². The van der Waals surface area contributed by atoms with Crippen molar-refractivity contribution in [2.75, 3.05) is 7.11 Å². The van der Waals surface area contributed by atoms with Crippen LogP contribution in [-0.4, -0.2) is 23.0 Å². The lowest BCUT2D eigenvalue weighted by atomic mass is 10.0. The second kappa shape index (κ2) is 8.10. The van der Waals surface area contributed by atoms with Gasteiger partial charge in [-0.25, -0.2) is 4.98 Å². The van der Waals surface area contributed by atoms with E-state index in [4.69, 9.17) is 9.72 Å². The number of rotatable bonds is 5. The third-order valence-electron chi connectivity index (χ3n) is 4.88. The van der Waals surface area contributed by atoms with Crippen LogP contribution in [0.1, 0.15) is 28.9 Å². The molecule has 5 heteroatoms. The van der Waals surface area contributed by atoms with Crippen molar-refractivity contribution in [3.63, 3.8) is 0 Å². The normalized spacial score (nSPS) is 11.8. The molecule has 0 aliphatic heterocycles. The summed E-state index contributed by atoms with van der Waals surface area (Å²) in [5, 5.41) is 3.80. The maximum atomic E-state index is 13.2. The van der Waals surface area contributed by atoms with Crippen molar-refractivity contribution in [3.8, 4) is 17.0 Å². The van der Waals surface area contributed by atoms with E-state index in [1.165, 1.54) is 0 Å². The second-order valence-corrected chi connectivity index (χ2v) is 6.75. The molecular weight excluding hydrogens is 362 g/mol. The lowest BCUT2D eigenvalue weighted by molar-refractivity contribution is 0.0941. The molecule has 4 aromatic rings. The number of aromatic nitrogens is 2. The number of nitrogens with one attached hydrogen (secondary N) is 1. The van der Waals surface area contributed by atoms with Gasteiger partial charge in [0.15, 0.2) is 0 Å². The molecule has 5 nitrogen and oxygen atoms in total. The molecule has 4 rings (SSSR count). The number of benzene rings is 2. The van der Waals surface area contributed by atoms with E-state index in [2.05, 4.69) is 10.3 Å². The third-order valence-corrected chi connectivity index (χ3v) is 4.88. The number of amides is 1. The lowest BCUT2D eigenvalue weighted by Crippen LogP contribution is -2.27. The van der Waals surface area contributed by atoms with Crippen LogP contribution in [0.15, 0.2) is 79.1 Å². The Morgan fingerprint density at radius 1 is 1.03 bits per heavy atom. The topological polar surface area (TPSA) is 64.1 Å². The summed E-state index contributed by atoms with van der Waals surface area (Å²) in [7, 11) is 1.63. The van der Waals surface area contributed by atoms with Crippen LogP contribution < -0.4 is 10.1 Å². The minimum Gasteiger partial charge on any atom is -0.496 e. The SMILES string of the molecule is COc1ccccc1C(C)NC(=O)c1cc(-c2ccccc2)nc2ccncc12. The average Bonchev–Trinajstić information content (AvgIpc) is 2.78. The van der Waals surface area contributed by atoms with Crippen molar-refractivity contribution in [1.29, 1.82) is 0 Å². The molecular formula is C24H21N3O2. The van der Waals surface area contributed by atoms with Gasteiger partial charge in [-0.3, -0.25) is 9.78 Å². The minimum absolute atomic E-state index is 0.180. The first kappa shape index (κ1) is 18.6. The van der Waals surface area contributed by atoms with Gasteiger partial charge in [0, 0.05) is 28.9 Å². The molecule has 2 heterocycles. The maximum absolute atomic E-state index is 13.2. The number of methoxy groups -OCH3 is 1. The highest BCUT2D eigenvalue weighted by molar-refractivity contribution is 6.07. The van der Waals surface area contributed by atoms with Gasteiger partial charge in [-0.2, -0.15) is 0 Å². The van der Waals surface area contributed by atoms with Gasteiger partial charge in [-0.15, -0.1) is 0 Å². The quantitative estimate of drug-likeness (QED) is 0.538. The monoisotopic (exact) mass is 383 g/mol. The van der Waals surface area contributed by atoms with Gasteiger partial charge in [0.1, 0.15) is 5.75 Å². The molecule has 0 radical (unpaired) electrons. The standard InChI is InChI=1S/C24H21N3O2/c1-16(18-10-6-7-11-23(18)29-2)26-24(28)19-14-22(17-8-4-3-5-9-17)27-21-12-13-25-15-20(19)21/h3-16H,1-2H3,(H,26,28). The predicted molar refractivity (Wildman–Crippen MR) is 114 cm³/mol. The van der Waals surface area contributed by atoms with E-state index in [-0.39, 0.29) is 11.9 Å². The van der Waals surface area contributed by atoms with Gasteiger partial charge in [0.25, 0.3) is 5.91 Å².